The lowest BCUT2D eigenvalue weighted by Crippen LogP contribution is -2.15. The van der Waals surface area contributed by atoms with Gasteiger partial charge in [0.05, 0.1) is 18.7 Å². The van der Waals surface area contributed by atoms with Crippen molar-refractivity contribution < 1.29 is 4.79 Å². The number of nitrogens with zero attached hydrogens (tertiary/aromatic N) is 2. The van der Waals surface area contributed by atoms with Crippen LogP contribution in [0.3, 0.4) is 0 Å². The number of hydrogen-bond donors (Lipinski definition) is 2. The number of rotatable bonds is 6. The van der Waals surface area contributed by atoms with Crippen molar-refractivity contribution in [2.45, 2.75) is 26.2 Å². The van der Waals surface area contributed by atoms with Crippen molar-refractivity contribution in [3.05, 3.63) is 113 Å². The van der Waals surface area contributed by atoms with Crippen LogP contribution in [0.1, 0.15) is 39.4 Å². The molecule has 0 radical (unpaired) electrons. The number of aryl methyl sites for hydroxylation is 1. The summed E-state index contributed by atoms with van der Waals surface area (Å²) in [7, 11) is 0. The number of nitrogens with one attached hydrogen (secondary N) is 2. The summed E-state index contributed by atoms with van der Waals surface area (Å²) in [6.07, 6.45) is 7.27. The SMILES string of the molecule is Cc1cccc(C(c2cccc(NC(=O)Cc3ccncc3)c2)c2cnc[nH]2)c1C. The quantitative estimate of drug-likeness (QED) is 0.493. The maximum absolute atomic E-state index is 12.5. The Kier molecular flexibility index (Phi) is 5.70. The Hall–Kier alpha value is -3.73. The lowest BCUT2D eigenvalue weighted by Gasteiger charge is -2.21. The van der Waals surface area contributed by atoms with Gasteiger partial charge in [-0.05, 0) is 65.9 Å². The number of imidazole rings is 1. The highest BCUT2D eigenvalue weighted by atomic mass is 16.1. The molecule has 5 heteroatoms. The number of carbonyl (C=O) groups excluding carboxylic acids is 1. The highest BCUT2D eigenvalue weighted by Gasteiger charge is 2.21. The van der Waals surface area contributed by atoms with Crippen molar-refractivity contribution in [2.24, 2.45) is 0 Å². The maximum Gasteiger partial charge on any atom is 0.228 e. The van der Waals surface area contributed by atoms with Gasteiger partial charge >= 0.3 is 0 Å². The van der Waals surface area contributed by atoms with Gasteiger partial charge in [-0.3, -0.25) is 9.78 Å². The van der Waals surface area contributed by atoms with E-state index in [2.05, 4.69) is 58.4 Å². The molecule has 2 heterocycles. The maximum atomic E-state index is 12.5. The number of benzene rings is 2. The van der Waals surface area contributed by atoms with E-state index in [9.17, 15) is 4.79 Å². The van der Waals surface area contributed by atoms with Crippen molar-refractivity contribution in [1.29, 1.82) is 0 Å². The summed E-state index contributed by atoms with van der Waals surface area (Å²) in [4.78, 5) is 24.0. The zero-order chi connectivity index (χ0) is 20.9. The minimum absolute atomic E-state index is 0.00412. The van der Waals surface area contributed by atoms with Crippen LogP contribution in [0.5, 0.6) is 0 Å². The average molecular weight is 396 g/mol. The molecular weight excluding hydrogens is 372 g/mol. The molecule has 0 saturated carbocycles. The molecule has 1 amide bonds. The summed E-state index contributed by atoms with van der Waals surface area (Å²) in [6.45, 7) is 4.27. The molecule has 5 nitrogen and oxygen atoms in total. The molecule has 0 aliphatic carbocycles. The summed E-state index contributed by atoms with van der Waals surface area (Å²) < 4.78 is 0. The molecule has 0 saturated heterocycles. The first kappa shape index (κ1) is 19.6. The fraction of sp³-hybridized carbons (Fsp3) is 0.160. The lowest BCUT2D eigenvalue weighted by molar-refractivity contribution is -0.115. The van der Waals surface area contributed by atoms with Gasteiger partial charge in [-0.1, -0.05) is 30.3 Å². The summed E-state index contributed by atoms with van der Waals surface area (Å²) in [6, 6.07) is 18.1. The second-order valence-electron chi connectivity index (χ2n) is 7.43. The molecule has 1 atom stereocenters. The molecule has 0 spiro atoms. The van der Waals surface area contributed by atoms with Crippen LogP contribution >= 0.6 is 0 Å². The van der Waals surface area contributed by atoms with Crippen LogP contribution in [-0.2, 0) is 11.2 Å². The number of amides is 1. The molecule has 2 aromatic carbocycles. The number of carbonyl (C=O) groups is 1. The second kappa shape index (κ2) is 8.74. The highest BCUT2D eigenvalue weighted by molar-refractivity contribution is 5.92. The third-order valence-electron chi connectivity index (χ3n) is 5.41. The molecule has 0 bridgehead atoms. The normalized spacial score (nSPS) is 11.8. The van der Waals surface area contributed by atoms with Gasteiger partial charge in [0.15, 0.2) is 0 Å². The van der Waals surface area contributed by atoms with Gasteiger partial charge in [0.2, 0.25) is 5.91 Å². The van der Waals surface area contributed by atoms with Crippen LogP contribution in [0.15, 0.2) is 79.5 Å². The smallest absolute Gasteiger partial charge is 0.228 e. The van der Waals surface area contributed by atoms with Gasteiger partial charge in [0, 0.05) is 30.0 Å². The Labute approximate surface area is 176 Å². The fourth-order valence-corrected chi connectivity index (χ4v) is 3.72. The van der Waals surface area contributed by atoms with E-state index in [0.29, 0.717) is 6.42 Å². The van der Waals surface area contributed by atoms with E-state index >= 15 is 0 Å². The topological polar surface area (TPSA) is 70.7 Å². The van der Waals surface area contributed by atoms with Crippen molar-refractivity contribution in [1.82, 2.24) is 15.0 Å². The molecule has 1 unspecified atom stereocenters. The minimum atomic E-state index is -0.0526. The summed E-state index contributed by atoms with van der Waals surface area (Å²) in [5.41, 5.74) is 7.55. The van der Waals surface area contributed by atoms with E-state index in [4.69, 9.17) is 0 Å². The largest absolute Gasteiger partial charge is 0.348 e. The fourth-order valence-electron chi connectivity index (χ4n) is 3.72. The predicted octanol–water partition coefficient (Wildman–Crippen LogP) is 4.78. The minimum Gasteiger partial charge on any atom is -0.348 e. The van der Waals surface area contributed by atoms with Crippen molar-refractivity contribution >= 4 is 11.6 Å². The van der Waals surface area contributed by atoms with E-state index in [-0.39, 0.29) is 11.8 Å². The number of aromatic nitrogens is 3. The molecule has 0 aliphatic heterocycles. The molecule has 4 rings (SSSR count). The Balaban J connectivity index is 1.64. The summed E-state index contributed by atoms with van der Waals surface area (Å²) in [5.74, 6) is -0.0485. The zero-order valence-corrected chi connectivity index (χ0v) is 17.1. The third kappa shape index (κ3) is 4.30. The van der Waals surface area contributed by atoms with Gasteiger partial charge in [-0.2, -0.15) is 0 Å². The third-order valence-corrected chi connectivity index (χ3v) is 5.41. The number of anilines is 1. The Morgan fingerprint density at radius 1 is 1.03 bits per heavy atom. The molecule has 2 N–H and O–H groups in total. The first-order chi connectivity index (χ1) is 14.6. The monoisotopic (exact) mass is 396 g/mol. The Bertz CT molecular complexity index is 1140. The number of H-pyrrole nitrogens is 1. The van der Waals surface area contributed by atoms with Gasteiger partial charge in [0.25, 0.3) is 0 Å². The van der Waals surface area contributed by atoms with Gasteiger partial charge in [0.1, 0.15) is 0 Å². The summed E-state index contributed by atoms with van der Waals surface area (Å²) >= 11 is 0. The van der Waals surface area contributed by atoms with Gasteiger partial charge in [-0.25, -0.2) is 4.98 Å². The van der Waals surface area contributed by atoms with Crippen molar-refractivity contribution in [3.8, 4) is 0 Å². The van der Waals surface area contributed by atoms with E-state index in [1.807, 2.05) is 36.5 Å². The van der Waals surface area contributed by atoms with E-state index in [1.165, 1.54) is 16.7 Å². The first-order valence-corrected chi connectivity index (χ1v) is 9.95. The lowest BCUT2D eigenvalue weighted by atomic mass is 9.85. The molecule has 0 aliphatic rings. The molecule has 4 aromatic rings. The van der Waals surface area contributed by atoms with E-state index in [0.717, 1.165) is 22.5 Å². The van der Waals surface area contributed by atoms with Crippen LogP contribution in [0.4, 0.5) is 5.69 Å². The number of pyridine rings is 1. The molecule has 2 aromatic heterocycles. The second-order valence-corrected chi connectivity index (χ2v) is 7.43. The highest BCUT2D eigenvalue weighted by Crippen LogP contribution is 2.34. The van der Waals surface area contributed by atoms with Crippen LogP contribution < -0.4 is 5.32 Å². The van der Waals surface area contributed by atoms with Crippen molar-refractivity contribution in [3.63, 3.8) is 0 Å². The summed E-state index contributed by atoms with van der Waals surface area (Å²) in [5, 5.41) is 3.02. The van der Waals surface area contributed by atoms with Crippen LogP contribution in [-0.4, -0.2) is 20.9 Å². The van der Waals surface area contributed by atoms with E-state index in [1.54, 1.807) is 18.7 Å². The van der Waals surface area contributed by atoms with Gasteiger partial charge in [-0.15, -0.1) is 0 Å². The van der Waals surface area contributed by atoms with Gasteiger partial charge < -0.3 is 10.3 Å². The first-order valence-electron chi connectivity index (χ1n) is 9.95. The number of aromatic amines is 1. The van der Waals surface area contributed by atoms with Crippen LogP contribution in [0, 0.1) is 13.8 Å². The van der Waals surface area contributed by atoms with E-state index < -0.39 is 0 Å². The Morgan fingerprint density at radius 2 is 1.83 bits per heavy atom. The average Bonchev–Trinajstić information content (AvgIpc) is 3.27. The molecule has 30 heavy (non-hydrogen) atoms. The van der Waals surface area contributed by atoms with Crippen LogP contribution in [0.2, 0.25) is 0 Å². The zero-order valence-electron chi connectivity index (χ0n) is 17.1. The Morgan fingerprint density at radius 3 is 2.60 bits per heavy atom. The standard InChI is InChI=1S/C25H24N4O/c1-17-5-3-8-22(18(17)2)25(23-15-27-16-28-23)20-6-4-7-21(14-20)29-24(30)13-19-9-11-26-12-10-19/h3-12,14-16,25H,13H2,1-2H3,(H,27,28)(H,29,30). The predicted molar refractivity (Wildman–Crippen MR) is 118 cm³/mol. The number of hydrogen-bond acceptors (Lipinski definition) is 3. The van der Waals surface area contributed by atoms with Crippen LogP contribution in [0.25, 0.3) is 0 Å². The van der Waals surface area contributed by atoms with Crippen molar-refractivity contribution in [2.75, 3.05) is 5.32 Å². The molecule has 150 valence electrons. The molecule has 0 fully saturated rings. The molecular formula is C25H24N4O.